The van der Waals surface area contributed by atoms with Crippen molar-refractivity contribution in [1.82, 2.24) is 9.88 Å². The van der Waals surface area contributed by atoms with E-state index in [0.29, 0.717) is 6.54 Å². The van der Waals surface area contributed by atoms with Gasteiger partial charge in [0.25, 0.3) is 0 Å². The van der Waals surface area contributed by atoms with E-state index in [1.165, 1.54) is 22.0 Å². The number of aryl methyl sites for hydroxylation is 1. The number of hydrogen-bond acceptors (Lipinski definition) is 2. The number of para-hydroxylation sites is 1. The Kier molecular flexibility index (Phi) is 2.75. The maximum atomic E-state index is 5.74. The summed E-state index contributed by atoms with van der Waals surface area (Å²) in [5.41, 5.74) is 9.52. The standard InChI is InChI=1S/C12H17N3/c1-14-7-10-8-15(2)12-9(6-13)4-3-5-11(10)12/h3-5,8,14H,6-7,13H2,1-2H3. The SMILES string of the molecule is CNCc1cn(C)c2c(CN)cccc12. The van der Waals surface area contributed by atoms with Gasteiger partial charge in [-0.25, -0.2) is 0 Å². The molecule has 0 amide bonds. The van der Waals surface area contributed by atoms with Gasteiger partial charge in [-0.05, 0) is 18.2 Å². The summed E-state index contributed by atoms with van der Waals surface area (Å²) in [5.74, 6) is 0. The molecule has 0 radical (unpaired) electrons. The molecule has 0 aliphatic carbocycles. The van der Waals surface area contributed by atoms with E-state index in [-0.39, 0.29) is 0 Å². The van der Waals surface area contributed by atoms with Crippen molar-refractivity contribution in [1.29, 1.82) is 0 Å². The summed E-state index contributed by atoms with van der Waals surface area (Å²) in [4.78, 5) is 0. The molecule has 3 nitrogen and oxygen atoms in total. The number of rotatable bonds is 3. The Balaban J connectivity index is 2.68. The van der Waals surface area contributed by atoms with Crippen molar-refractivity contribution < 1.29 is 0 Å². The first kappa shape index (κ1) is 10.2. The largest absolute Gasteiger partial charge is 0.350 e. The molecular formula is C12H17N3. The minimum Gasteiger partial charge on any atom is -0.350 e. The van der Waals surface area contributed by atoms with Gasteiger partial charge in [-0.2, -0.15) is 0 Å². The highest BCUT2D eigenvalue weighted by atomic mass is 14.9. The van der Waals surface area contributed by atoms with Crippen LogP contribution in [0.3, 0.4) is 0 Å². The summed E-state index contributed by atoms with van der Waals surface area (Å²) in [6.07, 6.45) is 2.17. The van der Waals surface area contributed by atoms with Crippen LogP contribution in [0.2, 0.25) is 0 Å². The van der Waals surface area contributed by atoms with E-state index >= 15 is 0 Å². The maximum Gasteiger partial charge on any atom is 0.0526 e. The molecule has 80 valence electrons. The summed E-state index contributed by atoms with van der Waals surface area (Å²) in [6, 6.07) is 6.32. The lowest BCUT2D eigenvalue weighted by atomic mass is 10.1. The first-order valence-corrected chi connectivity index (χ1v) is 5.18. The third-order valence-electron chi connectivity index (χ3n) is 2.75. The Bertz CT molecular complexity index is 471. The number of nitrogens with two attached hydrogens (primary N) is 1. The molecule has 0 saturated heterocycles. The van der Waals surface area contributed by atoms with Crippen molar-refractivity contribution in [3.8, 4) is 0 Å². The first-order chi connectivity index (χ1) is 7.27. The van der Waals surface area contributed by atoms with Gasteiger partial charge in [-0.3, -0.25) is 0 Å². The quantitative estimate of drug-likeness (QED) is 0.791. The lowest BCUT2D eigenvalue weighted by Crippen LogP contribution is -2.04. The van der Waals surface area contributed by atoms with Crippen LogP contribution in [-0.2, 0) is 20.1 Å². The first-order valence-electron chi connectivity index (χ1n) is 5.18. The number of nitrogens with zero attached hydrogens (tertiary/aromatic N) is 1. The van der Waals surface area contributed by atoms with Crippen LogP contribution in [0.5, 0.6) is 0 Å². The monoisotopic (exact) mass is 203 g/mol. The van der Waals surface area contributed by atoms with Crippen LogP contribution in [0, 0.1) is 0 Å². The normalized spacial score (nSPS) is 11.1. The smallest absolute Gasteiger partial charge is 0.0526 e. The zero-order valence-corrected chi connectivity index (χ0v) is 9.25. The van der Waals surface area contributed by atoms with Gasteiger partial charge in [0.2, 0.25) is 0 Å². The van der Waals surface area contributed by atoms with Gasteiger partial charge in [0, 0.05) is 31.7 Å². The predicted molar refractivity (Wildman–Crippen MR) is 63.6 cm³/mol. The Hall–Kier alpha value is -1.32. The molecular weight excluding hydrogens is 186 g/mol. The second kappa shape index (κ2) is 4.04. The third kappa shape index (κ3) is 1.64. The van der Waals surface area contributed by atoms with Crippen molar-refractivity contribution in [2.24, 2.45) is 12.8 Å². The number of nitrogens with one attached hydrogen (secondary N) is 1. The van der Waals surface area contributed by atoms with Crippen LogP contribution in [0.25, 0.3) is 10.9 Å². The minimum absolute atomic E-state index is 0.591. The highest BCUT2D eigenvalue weighted by Gasteiger charge is 2.08. The lowest BCUT2D eigenvalue weighted by molar-refractivity contribution is 0.815. The van der Waals surface area contributed by atoms with Gasteiger partial charge in [-0.15, -0.1) is 0 Å². The molecule has 0 bridgehead atoms. The van der Waals surface area contributed by atoms with E-state index < -0.39 is 0 Å². The van der Waals surface area contributed by atoms with Crippen LogP contribution in [-0.4, -0.2) is 11.6 Å². The molecule has 1 heterocycles. The van der Waals surface area contributed by atoms with Gasteiger partial charge in [0.1, 0.15) is 0 Å². The van der Waals surface area contributed by atoms with Gasteiger partial charge < -0.3 is 15.6 Å². The summed E-state index contributed by atoms with van der Waals surface area (Å²) >= 11 is 0. The molecule has 2 aromatic rings. The van der Waals surface area contributed by atoms with Crippen LogP contribution < -0.4 is 11.1 Å². The van der Waals surface area contributed by atoms with Crippen LogP contribution in [0.1, 0.15) is 11.1 Å². The molecule has 2 rings (SSSR count). The van der Waals surface area contributed by atoms with E-state index in [1.807, 2.05) is 7.05 Å². The number of fused-ring (bicyclic) bond motifs is 1. The van der Waals surface area contributed by atoms with Crippen molar-refractivity contribution in [2.45, 2.75) is 13.1 Å². The summed E-state index contributed by atoms with van der Waals surface area (Å²) in [7, 11) is 4.03. The molecule has 1 aromatic heterocycles. The van der Waals surface area contributed by atoms with Crippen LogP contribution >= 0.6 is 0 Å². The van der Waals surface area contributed by atoms with Crippen molar-refractivity contribution in [2.75, 3.05) is 7.05 Å². The molecule has 0 unspecified atom stereocenters. The fourth-order valence-electron chi connectivity index (χ4n) is 2.13. The van der Waals surface area contributed by atoms with Gasteiger partial charge in [-0.1, -0.05) is 18.2 Å². The minimum atomic E-state index is 0.591. The molecule has 0 atom stereocenters. The molecule has 0 spiro atoms. The molecule has 0 aliphatic heterocycles. The molecule has 3 heteroatoms. The third-order valence-corrected chi connectivity index (χ3v) is 2.75. The average Bonchev–Trinajstić information content (AvgIpc) is 2.57. The molecule has 0 aliphatic rings. The van der Waals surface area contributed by atoms with E-state index in [9.17, 15) is 0 Å². The molecule has 0 fully saturated rings. The highest BCUT2D eigenvalue weighted by molar-refractivity contribution is 5.86. The number of hydrogen-bond donors (Lipinski definition) is 2. The second-order valence-electron chi connectivity index (χ2n) is 3.81. The van der Waals surface area contributed by atoms with E-state index in [1.54, 1.807) is 0 Å². The lowest BCUT2D eigenvalue weighted by Gasteiger charge is -2.03. The maximum absolute atomic E-state index is 5.74. The molecule has 15 heavy (non-hydrogen) atoms. The predicted octanol–water partition coefficient (Wildman–Crippen LogP) is 1.36. The topological polar surface area (TPSA) is 43.0 Å². The zero-order valence-electron chi connectivity index (χ0n) is 9.25. The van der Waals surface area contributed by atoms with E-state index in [0.717, 1.165) is 6.54 Å². The van der Waals surface area contributed by atoms with Gasteiger partial charge >= 0.3 is 0 Å². The number of aromatic nitrogens is 1. The Morgan fingerprint density at radius 3 is 2.80 bits per heavy atom. The van der Waals surface area contributed by atoms with Crippen LogP contribution in [0.4, 0.5) is 0 Å². The molecule has 3 N–H and O–H groups in total. The van der Waals surface area contributed by atoms with Gasteiger partial charge in [0.05, 0.1) is 5.52 Å². The molecule has 1 aromatic carbocycles. The Morgan fingerprint density at radius 1 is 1.33 bits per heavy atom. The fraction of sp³-hybridized carbons (Fsp3) is 0.333. The number of benzene rings is 1. The highest BCUT2D eigenvalue weighted by Crippen LogP contribution is 2.23. The van der Waals surface area contributed by atoms with E-state index in [2.05, 4.69) is 41.3 Å². The Labute approximate surface area is 89.9 Å². The van der Waals surface area contributed by atoms with E-state index in [4.69, 9.17) is 5.73 Å². The summed E-state index contributed by atoms with van der Waals surface area (Å²) in [5, 5.41) is 4.48. The van der Waals surface area contributed by atoms with Crippen molar-refractivity contribution in [3.63, 3.8) is 0 Å². The zero-order chi connectivity index (χ0) is 10.8. The summed E-state index contributed by atoms with van der Waals surface area (Å²) in [6.45, 7) is 1.49. The van der Waals surface area contributed by atoms with Crippen LogP contribution in [0.15, 0.2) is 24.4 Å². The summed E-state index contributed by atoms with van der Waals surface area (Å²) < 4.78 is 2.16. The van der Waals surface area contributed by atoms with Crippen molar-refractivity contribution in [3.05, 3.63) is 35.5 Å². The Morgan fingerprint density at radius 2 is 2.13 bits per heavy atom. The second-order valence-corrected chi connectivity index (χ2v) is 3.81. The van der Waals surface area contributed by atoms with Gasteiger partial charge in [0.15, 0.2) is 0 Å². The van der Waals surface area contributed by atoms with Crippen molar-refractivity contribution >= 4 is 10.9 Å². The molecule has 0 saturated carbocycles. The fourth-order valence-corrected chi connectivity index (χ4v) is 2.13. The average molecular weight is 203 g/mol.